The molecular formula is C14H8O4S. The first-order valence-corrected chi connectivity index (χ1v) is 7.00. The zero-order valence-corrected chi connectivity index (χ0v) is 10.5. The molecule has 1 heterocycles. The molecule has 94 valence electrons. The van der Waals surface area contributed by atoms with E-state index in [1.807, 2.05) is 0 Å². The first-order chi connectivity index (χ1) is 9.07. The van der Waals surface area contributed by atoms with E-state index in [1.165, 1.54) is 12.1 Å². The van der Waals surface area contributed by atoms with Crippen LogP contribution in [0.2, 0.25) is 0 Å². The van der Waals surface area contributed by atoms with Gasteiger partial charge in [0.15, 0.2) is 0 Å². The fourth-order valence-corrected chi connectivity index (χ4v) is 3.99. The molecule has 0 aromatic heterocycles. The molecule has 4 nitrogen and oxygen atoms in total. The van der Waals surface area contributed by atoms with Gasteiger partial charge in [-0.15, -0.1) is 0 Å². The van der Waals surface area contributed by atoms with E-state index in [9.17, 15) is 18.0 Å². The predicted molar refractivity (Wildman–Crippen MR) is 68.1 cm³/mol. The van der Waals surface area contributed by atoms with Crippen molar-refractivity contribution in [2.45, 2.75) is 9.79 Å². The minimum atomic E-state index is -3.65. The Morgan fingerprint density at radius 2 is 1.16 bits per heavy atom. The van der Waals surface area contributed by atoms with Gasteiger partial charge in [0.1, 0.15) is 12.6 Å². The monoisotopic (exact) mass is 272 g/mol. The number of benzene rings is 2. The highest BCUT2D eigenvalue weighted by atomic mass is 32.2. The van der Waals surface area contributed by atoms with E-state index in [4.69, 9.17) is 0 Å². The summed E-state index contributed by atoms with van der Waals surface area (Å²) in [6.07, 6.45) is 1.21. The van der Waals surface area contributed by atoms with Crippen molar-refractivity contribution in [3.05, 3.63) is 47.5 Å². The molecule has 0 saturated carbocycles. The second kappa shape index (κ2) is 3.86. The van der Waals surface area contributed by atoms with Crippen LogP contribution in [0.15, 0.2) is 46.2 Å². The average molecular weight is 272 g/mol. The maximum atomic E-state index is 12.4. The summed E-state index contributed by atoms with van der Waals surface area (Å²) in [6.45, 7) is 0. The second-order valence-corrected chi connectivity index (χ2v) is 6.14. The number of carbonyl (C=O) groups is 2. The van der Waals surface area contributed by atoms with Crippen molar-refractivity contribution in [1.29, 1.82) is 0 Å². The van der Waals surface area contributed by atoms with Crippen molar-refractivity contribution in [1.82, 2.24) is 0 Å². The van der Waals surface area contributed by atoms with Crippen LogP contribution in [0.1, 0.15) is 20.7 Å². The summed E-state index contributed by atoms with van der Waals surface area (Å²) >= 11 is 0. The summed E-state index contributed by atoms with van der Waals surface area (Å²) in [6, 6.07) is 9.09. The van der Waals surface area contributed by atoms with Gasteiger partial charge in [-0.3, -0.25) is 9.59 Å². The SMILES string of the molecule is O=Cc1ccc2c(c1)S(=O)(=O)c1cc(C=O)ccc1-2. The largest absolute Gasteiger partial charge is 0.298 e. The molecule has 1 aliphatic rings. The summed E-state index contributed by atoms with van der Waals surface area (Å²) < 4.78 is 24.8. The van der Waals surface area contributed by atoms with E-state index < -0.39 is 9.84 Å². The van der Waals surface area contributed by atoms with Crippen molar-refractivity contribution in [2.75, 3.05) is 0 Å². The highest BCUT2D eigenvalue weighted by molar-refractivity contribution is 7.92. The van der Waals surface area contributed by atoms with Gasteiger partial charge in [0, 0.05) is 22.3 Å². The summed E-state index contributed by atoms with van der Waals surface area (Å²) in [5, 5.41) is 0. The molecule has 0 saturated heterocycles. The quantitative estimate of drug-likeness (QED) is 0.670. The first kappa shape index (κ1) is 11.8. The van der Waals surface area contributed by atoms with Crippen molar-refractivity contribution in [2.24, 2.45) is 0 Å². The zero-order valence-electron chi connectivity index (χ0n) is 9.66. The predicted octanol–water partition coefficient (Wildman–Crippen LogP) is 2.12. The van der Waals surface area contributed by atoms with Crippen LogP contribution in [-0.4, -0.2) is 21.0 Å². The minimum Gasteiger partial charge on any atom is -0.298 e. The van der Waals surface area contributed by atoms with E-state index in [-0.39, 0.29) is 9.79 Å². The van der Waals surface area contributed by atoms with E-state index in [1.54, 1.807) is 24.3 Å². The standard InChI is InChI=1S/C14H8O4S/c15-7-9-1-3-11-12-4-2-10(8-16)6-14(12)19(17,18)13(11)5-9/h1-8H. The molecule has 19 heavy (non-hydrogen) atoms. The Morgan fingerprint density at radius 3 is 1.53 bits per heavy atom. The van der Waals surface area contributed by atoms with Gasteiger partial charge in [0.05, 0.1) is 9.79 Å². The van der Waals surface area contributed by atoms with Gasteiger partial charge in [-0.05, 0) is 12.1 Å². The van der Waals surface area contributed by atoms with E-state index >= 15 is 0 Å². The number of hydrogen-bond donors (Lipinski definition) is 0. The molecular weight excluding hydrogens is 264 g/mol. The molecule has 0 fully saturated rings. The van der Waals surface area contributed by atoms with Crippen LogP contribution in [0.3, 0.4) is 0 Å². The van der Waals surface area contributed by atoms with Crippen molar-refractivity contribution in [3.63, 3.8) is 0 Å². The van der Waals surface area contributed by atoms with Crippen LogP contribution in [0.4, 0.5) is 0 Å². The molecule has 0 spiro atoms. The molecule has 5 heteroatoms. The van der Waals surface area contributed by atoms with Gasteiger partial charge < -0.3 is 0 Å². The van der Waals surface area contributed by atoms with Crippen molar-refractivity contribution in [3.8, 4) is 11.1 Å². The summed E-state index contributed by atoms with van der Waals surface area (Å²) in [5.74, 6) is 0. The van der Waals surface area contributed by atoms with Gasteiger partial charge in [0.25, 0.3) is 0 Å². The Hall–Kier alpha value is -2.27. The highest BCUT2D eigenvalue weighted by Gasteiger charge is 2.33. The number of fused-ring (bicyclic) bond motifs is 3. The van der Waals surface area contributed by atoms with Gasteiger partial charge in [-0.25, -0.2) is 8.42 Å². The fraction of sp³-hybridized carbons (Fsp3) is 0. The molecule has 3 rings (SSSR count). The third-order valence-electron chi connectivity index (χ3n) is 3.15. The third kappa shape index (κ3) is 1.55. The number of carbonyl (C=O) groups excluding carboxylic acids is 2. The maximum absolute atomic E-state index is 12.4. The number of sulfone groups is 1. The summed E-state index contributed by atoms with van der Waals surface area (Å²) in [4.78, 5) is 21.7. The maximum Gasteiger partial charge on any atom is 0.207 e. The Balaban J connectivity index is 2.38. The lowest BCUT2D eigenvalue weighted by Crippen LogP contribution is -1.98. The van der Waals surface area contributed by atoms with Crippen LogP contribution in [0, 0.1) is 0 Å². The molecule has 0 amide bonds. The Bertz CT molecular complexity index is 756. The van der Waals surface area contributed by atoms with Gasteiger partial charge >= 0.3 is 0 Å². The zero-order chi connectivity index (χ0) is 13.6. The summed E-state index contributed by atoms with van der Waals surface area (Å²) in [7, 11) is -3.65. The minimum absolute atomic E-state index is 0.121. The molecule has 0 bridgehead atoms. The Morgan fingerprint density at radius 1 is 0.737 bits per heavy atom. The smallest absolute Gasteiger partial charge is 0.207 e. The topological polar surface area (TPSA) is 68.3 Å². The van der Waals surface area contributed by atoms with Crippen LogP contribution in [-0.2, 0) is 9.84 Å². The molecule has 0 radical (unpaired) electrons. The lowest BCUT2D eigenvalue weighted by Gasteiger charge is -1.98. The highest BCUT2D eigenvalue weighted by Crippen LogP contribution is 2.43. The molecule has 1 aliphatic heterocycles. The molecule has 0 N–H and O–H groups in total. The summed E-state index contributed by atoms with van der Waals surface area (Å²) in [5.41, 5.74) is 1.76. The van der Waals surface area contributed by atoms with E-state index in [0.717, 1.165) is 0 Å². The van der Waals surface area contributed by atoms with E-state index in [0.29, 0.717) is 34.8 Å². The average Bonchev–Trinajstić information content (AvgIpc) is 2.67. The number of rotatable bonds is 2. The Labute approximate surface area is 109 Å². The fourth-order valence-electron chi connectivity index (χ4n) is 2.23. The number of aldehydes is 2. The first-order valence-electron chi connectivity index (χ1n) is 5.52. The second-order valence-electron chi connectivity index (χ2n) is 4.25. The van der Waals surface area contributed by atoms with Crippen molar-refractivity contribution >= 4 is 22.4 Å². The van der Waals surface area contributed by atoms with Crippen LogP contribution < -0.4 is 0 Å². The molecule has 0 aliphatic carbocycles. The normalized spacial score (nSPS) is 14.5. The lowest BCUT2D eigenvalue weighted by atomic mass is 10.0. The third-order valence-corrected chi connectivity index (χ3v) is 4.99. The van der Waals surface area contributed by atoms with Crippen LogP contribution in [0.5, 0.6) is 0 Å². The molecule has 0 atom stereocenters. The molecule has 2 aromatic rings. The Kier molecular flexibility index (Phi) is 2.40. The lowest BCUT2D eigenvalue weighted by molar-refractivity contribution is 0.111. The van der Waals surface area contributed by atoms with Crippen molar-refractivity contribution < 1.29 is 18.0 Å². The number of hydrogen-bond acceptors (Lipinski definition) is 4. The van der Waals surface area contributed by atoms with Crippen LogP contribution >= 0.6 is 0 Å². The van der Waals surface area contributed by atoms with Gasteiger partial charge in [-0.2, -0.15) is 0 Å². The van der Waals surface area contributed by atoms with Gasteiger partial charge in [0.2, 0.25) is 9.84 Å². The molecule has 0 unspecified atom stereocenters. The van der Waals surface area contributed by atoms with Crippen LogP contribution in [0.25, 0.3) is 11.1 Å². The molecule has 2 aromatic carbocycles. The van der Waals surface area contributed by atoms with Gasteiger partial charge in [-0.1, -0.05) is 24.3 Å². The van der Waals surface area contributed by atoms with E-state index in [2.05, 4.69) is 0 Å².